The van der Waals surface area contributed by atoms with E-state index in [4.69, 9.17) is 28.3 Å². The summed E-state index contributed by atoms with van der Waals surface area (Å²) in [6.07, 6.45) is 2.66. The lowest BCUT2D eigenvalue weighted by atomic mass is 8.97. The molecule has 0 aromatic rings. The molecule has 1 heterocycles. The molecule has 10 heteroatoms. The Morgan fingerprint density at radius 1 is 1.43 bits per heavy atom. The van der Waals surface area contributed by atoms with Gasteiger partial charge in [-0.1, -0.05) is 19.8 Å². The number of aliphatic carboxylic acids is 1. The average molecular weight is 282 g/mol. The molecule has 1 N–H and O–H groups in total. The van der Waals surface area contributed by atoms with Crippen LogP contribution in [0.4, 0.5) is 4.79 Å². The smallest absolute Gasteiger partial charge is 0.328 e. The van der Waals surface area contributed by atoms with Crippen LogP contribution >= 0.6 is 0 Å². The number of nitrogens with zero attached hydrogens (tertiary/aromatic N) is 2. The van der Waals surface area contributed by atoms with Gasteiger partial charge in [0, 0.05) is 49.7 Å². The Morgan fingerprint density at radius 2 is 2.00 bits per heavy atom. The van der Waals surface area contributed by atoms with Crippen LogP contribution in [0.3, 0.4) is 0 Å². The van der Waals surface area contributed by atoms with E-state index < -0.39 is 18.4 Å². The van der Waals surface area contributed by atoms with Gasteiger partial charge in [0.1, 0.15) is 6.04 Å². The highest BCUT2D eigenvalue weighted by atomic mass is 16.4. The number of likely N-dealkylation sites (N-methyl/N-ethyl adjacent to an activating group) is 1. The van der Waals surface area contributed by atoms with Crippen LogP contribution in [0, 0.1) is 0 Å². The summed E-state index contributed by atoms with van der Waals surface area (Å²) >= 11 is 0. The first-order valence-corrected chi connectivity index (χ1v) is 7.23. The molecule has 7 radical (unpaired) electrons. The minimum Gasteiger partial charge on any atom is -0.480 e. The molecule has 1 rings (SSSR count). The first kappa shape index (κ1) is 20.1. The number of carboxylic acids is 1. The third-order valence-corrected chi connectivity index (χ3v) is 3.17. The Morgan fingerprint density at radius 3 is 2.33 bits per heavy atom. The summed E-state index contributed by atoms with van der Waals surface area (Å²) in [6, 6.07) is -0.801. The maximum atomic E-state index is 11.8. The van der Waals surface area contributed by atoms with E-state index in [9.17, 15) is 9.59 Å². The molecule has 1 atom stereocenters. The van der Waals surface area contributed by atoms with Crippen molar-refractivity contribution in [1.82, 2.24) is 9.80 Å². The molecule has 0 aromatic heterocycles. The highest BCUT2D eigenvalue weighted by Crippen LogP contribution is 2.16. The van der Waals surface area contributed by atoms with Gasteiger partial charge < -0.3 is 14.9 Å². The van der Waals surface area contributed by atoms with Crippen molar-refractivity contribution in [1.29, 1.82) is 0 Å². The SMILES string of the molecule is CCCCCN1C[C@@H](C(=O)O)N(CC)C1=O.[B][B]B([B])[B]. The van der Waals surface area contributed by atoms with Crippen molar-refractivity contribution in [2.45, 2.75) is 39.2 Å². The Labute approximate surface area is 132 Å². The monoisotopic (exact) mass is 283 g/mol. The van der Waals surface area contributed by atoms with Crippen molar-refractivity contribution in [3.05, 3.63) is 0 Å². The van der Waals surface area contributed by atoms with Crippen LogP contribution < -0.4 is 0 Å². The number of amides is 2. The van der Waals surface area contributed by atoms with Crippen LogP contribution in [0.25, 0.3) is 0 Å². The zero-order valence-corrected chi connectivity index (χ0v) is 12.9. The maximum Gasteiger partial charge on any atom is 0.328 e. The van der Waals surface area contributed by atoms with Crippen LogP contribution in [0.5, 0.6) is 0 Å². The van der Waals surface area contributed by atoms with Gasteiger partial charge >= 0.3 is 12.0 Å². The number of urea groups is 1. The Bertz CT molecular complexity index is 333. The van der Waals surface area contributed by atoms with Crippen LogP contribution in [-0.4, -0.2) is 89.2 Å². The lowest BCUT2D eigenvalue weighted by Gasteiger charge is -2.18. The first-order chi connectivity index (χ1) is 9.88. The molecule has 5 nitrogen and oxygen atoms in total. The number of unbranched alkanes of at least 4 members (excludes halogenated alkanes) is 2. The molecular weight excluding hydrogens is 262 g/mol. The van der Waals surface area contributed by atoms with E-state index in [-0.39, 0.29) is 6.03 Å². The maximum absolute atomic E-state index is 11.8. The largest absolute Gasteiger partial charge is 0.480 e. The van der Waals surface area contributed by atoms with Crippen molar-refractivity contribution in [2.24, 2.45) is 0 Å². The van der Waals surface area contributed by atoms with Crippen molar-refractivity contribution in [3.63, 3.8) is 0 Å². The molecule has 0 bridgehead atoms. The Balaban J connectivity index is 0.000000690. The fourth-order valence-corrected chi connectivity index (χ4v) is 2.01. The lowest BCUT2D eigenvalue weighted by molar-refractivity contribution is -0.141. The molecule has 1 aliphatic heterocycles. The quantitative estimate of drug-likeness (QED) is 0.505. The van der Waals surface area contributed by atoms with E-state index in [1.165, 1.54) is 12.0 Å². The van der Waals surface area contributed by atoms with Crippen molar-refractivity contribution in [2.75, 3.05) is 19.6 Å². The third kappa shape index (κ3) is 7.05. The third-order valence-electron chi connectivity index (χ3n) is 3.17. The molecule has 0 saturated carbocycles. The molecular formula is C11H20B5N2O3. The Hall–Kier alpha value is -0.935. The molecule has 0 aromatic carbocycles. The van der Waals surface area contributed by atoms with Gasteiger partial charge in [0.05, 0.1) is 6.54 Å². The Kier molecular flexibility index (Phi) is 10.3. The second-order valence-corrected chi connectivity index (χ2v) is 4.85. The van der Waals surface area contributed by atoms with Gasteiger partial charge in [-0.25, -0.2) is 9.59 Å². The van der Waals surface area contributed by atoms with Crippen LogP contribution in [0.15, 0.2) is 0 Å². The molecule has 2 amide bonds. The van der Waals surface area contributed by atoms with Crippen molar-refractivity contribution >= 4 is 48.7 Å². The summed E-state index contributed by atoms with van der Waals surface area (Å²) in [6.45, 7) is 5.37. The van der Waals surface area contributed by atoms with Crippen LogP contribution in [0.1, 0.15) is 33.1 Å². The minimum atomic E-state index is -0.909. The predicted octanol–water partition coefficient (Wildman–Crippen LogP) is -0.517. The molecule has 1 aliphatic rings. The van der Waals surface area contributed by atoms with Crippen LogP contribution in [0.2, 0.25) is 0 Å². The lowest BCUT2D eigenvalue weighted by Crippen LogP contribution is -2.39. The van der Waals surface area contributed by atoms with Crippen molar-refractivity contribution in [3.8, 4) is 0 Å². The predicted molar refractivity (Wildman–Crippen MR) is 89.1 cm³/mol. The summed E-state index contributed by atoms with van der Waals surface area (Å²) in [4.78, 5) is 25.9. The van der Waals surface area contributed by atoms with Gasteiger partial charge in [0.25, 0.3) is 0 Å². The molecule has 1 fully saturated rings. The standard InChI is InChI=1S/C11H20N2O3.B5/c1-3-5-6-7-12-8-9(10(14)15)13(4-2)11(12)16;1-4-5(2)3/h9H,3-8H2,1-2H3,(H,14,15);/t9-;/m0./s1. The van der Waals surface area contributed by atoms with E-state index in [0.717, 1.165) is 19.3 Å². The first-order valence-electron chi connectivity index (χ1n) is 7.23. The molecule has 21 heavy (non-hydrogen) atoms. The number of carbonyl (C=O) groups is 2. The summed E-state index contributed by atoms with van der Waals surface area (Å²) in [5.74, 6) is -0.909. The summed E-state index contributed by atoms with van der Waals surface area (Å²) in [5.41, 5.74) is 0. The topological polar surface area (TPSA) is 60.9 Å². The summed E-state index contributed by atoms with van der Waals surface area (Å²) < 4.78 is 0. The van der Waals surface area contributed by atoms with E-state index in [2.05, 4.69) is 6.92 Å². The number of carbonyl (C=O) groups excluding carboxylic acids is 1. The minimum absolute atomic E-state index is 0.133. The van der Waals surface area contributed by atoms with E-state index in [1.807, 2.05) is 6.92 Å². The van der Waals surface area contributed by atoms with E-state index >= 15 is 0 Å². The molecule has 107 valence electrons. The number of carboxylic acid groups (broad SMARTS) is 1. The highest BCUT2D eigenvalue weighted by molar-refractivity contribution is 7.60. The summed E-state index contributed by atoms with van der Waals surface area (Å²) in [7, 11) is 15.8. The molecule has 0 unspecified atom stereocenters. The number of hydrogen-bond donors (Lipinski definition) is 1. The van der Waals surface area contributed by atoms with E-state index in [0.29, 0.717) is 19.6 Å². The van der Waals surface area contributed by atoms with Crippen molar-refractivity contribution < 1.29 is 14.7 Å². The van der Waals surface area contributed by atoms with Gasteiger partial charge in [-0.05, 0) is 13.3 Å². The summed E-state index contributed by atoms with van der Waals surface area (Å²) in [5, 5.41) is 9.00. The van der Waals surface area contributed by atoms with Gasteiger partial charge in [0.2, 0.25) is 0 Å². The molecule has 0 aliphatic carbocycles. The molecule has 1 saturated heterocycles. The fraction of sp³-hybridized carbons (Fsp3) is 0.818. The van der Waals surface area contributed by atoms with Gasteiger partial charge in [0.15, 0.2) is 0 Å². The van der Waals surface area contributed by atoms with Crippen LogP contribution in [-0.2, 0) is 4.79 Å². The second-order valence-electron chi connectivity index (χ2n) is 4.85. The molecule has 0 spiro atoms. The number of hydrogen-bond acceptors (Lipinski definition) is 2. The zero-order valence-electron chi connectivity index (χ0n) is 12.9. The van der Waals surface area contributed by atoms with E-state index in [1.54, 1.807) is 4.90 Å². The van der Waals surface area contributed by atoms with Gasteiger partial charge in [-0.3, -0.25) is 0 Å². The highest BCUT2D eigenvalue weighted by Gasteiger charge is 2.39. The fourth-order valence-electron chi connectivity index (χ4n) is 2.01. The number of rotatable bonds is 7. The second kappa shape index (κ2) is 10.7. The average Bonchev–Trinajstić information content (AvgIpc) is 2.76. The van der Waals surface area contributed by atoms with Gasteiger partial charge in [-0.2, -0.15) is 0 Å². The zero-order chi connectivity index (χ0) is 16.4. The van der Waals surface area contributed by atoms with Gasteiger partial charge in [-0.15, -0.1) is 0 Å². The normalized spacial score (nSPS) is 17.2.